The molecule has 1 aliphatic rings. The monoisotopic (exact) mass is 317 g/mol. The van der Waals surface area contributed by atoms with Gasteiger partial charge in [-0.2, -0.15) is 4.31 Å². The summed E-state index contributed by atoms with van der Waals surface area (Å²) in [6, 6.07) is 3.98. The number of nitrogens with zero attached hydrogens (tertiary/aromatic N) is 1. The molecule has 0 amide bonds. The topological polar surface area (TPSA) is 63.7 Å². The molecular weight excluding hydrogens is 302 g/mol. The lowest BCUT2D eigenvalue weighted by molar-refractivity contribution is -0.144. The number of rotatable bonds is 3. The van der Waals surface area contributed by atoms with Gasteiger partial charge in [0, 0.05) is 11.6 Å². The van der Waals surface area contributed by atoms with Crippen molar-refractivity contribution in [2.75, 3.05) is 13.7 Å². The highest BCUT2D eigenvalue weighted by Crippen LogP contribution is 2.30. The third kappa shape index (κ3) is 2.55. The SMILES string of the molecule is COC(=O)C1CCCN1S(=O)(=O)c1cccc(Cl)c1C. The fourth-order valence-corrected chi connectivity index (χ4v) is 4.52. The number of carbonyl (C=O) groups excluding carboxylic acids is 1. The Labute approximate surface area is 123 Å². The summed E-state index contributed by atoms with van der Waals surface area (Å²) in [4.78, 5) is 11.8. The lowest BCUT2D eigenvalue weighted by Gasteiger charge is -2.23. The van der Waals surface area contributed by atoms with Crippen LogP contribution in [0, 0.1) is 6.92 Å². The summed E-state index contributed by atoms with van der Waals surface area (Å²) in [5.41, 5.74) is 0.490. The van der Waals surface area contributed by atoms with Crippen molar-refractivity contribution in [3.8, 4) is 0 Å². The zero-order valence-corrected chi connectivity index (χ0v) is 12.9. The van der Waals surface area contributed by atoms with E-state index in [1.54, 1.807) is 19.1 Å². The van der Waals surface area contributed by atoms with E-state index in [2.05, 4.69) is 4.74 Å². The second-order valence-corrected chi connectivity index (χ2v) is 6.93. The summed E-state index contributed by atoms with van der Waals surface area (Å²) in [7, 11) is -2.49. The molecule has 0 aromatic heterocycles. The van der Waals surface area contributed by atoms with Crippen molar-refractivity contribution in [2.45, 2.75) is 30.7 Å². The van der Waals surface area contributed by atoms with Crippen molar-refractivity contribution >= 4 is 27.6 Å². The van der Waals surface area contributed by atoms with E-state index in [0.29, 0.717) is 30.0 Å². The molecule has 7 heteroatoms. The van der Waals surface area contributed by atoms with E-state index in [0.717, 1.165) is 0 Å². The molecule has 0 N–H and O–H groups in total. The molecule has 2 rings (SSSR count). The normalized spacial score (nSPS) is 20.1. The number of benzene rings is 1. The molecule has 0 radical (unpaired) electrons. The van der Waals surface area contributed by atoms with Gasteiger partial charge in [-0.15, -0.1) is 0 Å². The van der Waals surface area contributed by atoms with Crippen molar-refractivity contribution in [1.82, 2.24) is 4.31 Å². The van der Waals surface area contributed by atoms with Gasteiger partial charge < -0.3 is 4.74 Å². The summed E-state index contributed by atoms with van der Waals surface area (Å²) in [5.74, 6) is -0.522. The summed E-state index contributed by atoms with van der Waals surface area (Å²) < 4.78 is 31.3. The highest BCUT2D eigenvalue weighted by atomic mass is 35.5. The van der Waals surface area contributed by atoms with Gasteiger partial charge in [0.15, 0.2) is 0 Å². The van der Waals surface area contributed by atoms with Crippen LogP contribution in [0.5, 0.6) is 0 Å². The number of hydrogen-bond donors (Lipinski definition) is 0. The molecule has 5 nitrogen and oxygen atoms in total. The molecule has 1 atom stereocenters. The van der Waals surface area contributed by atoms with Crippen LogP contribution in [0.25, 0.3) is 0 Å². The van der Waals surface area contributed by atoms with Gasteiger partial charge in [-0.3, -0.25) is 4.79 Å². The van der Waals surface area contributed by atoms with Crippen LogP contribution in [0.2, 0.25) is 5.02 Å². The lowest BCUT2D eigenvalue weighted by Crippen LogP contribution is -2.41. The molecule has 20 heavy (non-hydrogen) atoms. The summed E-state index contributed by atoms with van der Waals surface area (Å²) in [6.07, 6.45) is 1.12. The van der Waals surface area contributed by atoms with Gasteiger partial charge in [-0.25, -0.2) is 8.42 Å². The van der Waals surface area contributed by atoms with Crippen LogP contribution in [-0.4, -0.2) is 38.4 Å². The summed E-state index contributed by atoms with van der Waals surface area (Å²) in [5, 5.41) is 0.389. The number of esters is 1. The zero-order chi connectivity index (χ0) is 14.9. The Morgan fingerprint density at radius 2 is 2.15 bits per heavy atom. The van der Waals surface area contributed by atoms with Crippen molar-refractivity contribution in [3.63, 3.8) is 0 Å². The molecule has 110 valence electrons. The van der Waals surface area contributed by atoms with Crippen molar-refractivity contribution in [1.29, 1.82) is 0 Å². The van der Waals surface area contributed by atoms with Gasteiger partial charge in [0.25, 0.3) is 0 Å². The van der Waals surface area contributed by atoms with Gasteiger partial charge in [0.1, 0.15) is 6.04 Å². The van der Waals surface area contributed by atoms with Crippen LogP contribution >= 0.6 is 11.6 Å². The standard InChI is InChI=1S/C13H16ClNO4S/c1-9-10(14)5-3-7-12(9)20(17,18)15-8-4-6-11(15)13(16)19-2/h3,5,7,11H,4,6,8H2,1-2H3. The Morgan fingerprint density at radius 3 is 2.80 bits per heavy atom. The van der Waals surface area contributed by atoms with Crippen LogP contribution in [0.1, 0.15) is 18.4 Å². The minimum absolute atomic E-state index is 0.140. The second-order valence-electron chi connectivity index (χ2n) is 4.66. The van der Waals surface area contributed by atoms with Gasteiger partial charge in [0.2, 0.25) is 10.0 Å². The molecule has 1 aliphatic heterocycles. The van der Waals surface area contributed by atoms with Gasteiger partial charge >= 0.3 is 5.97 Å². The van der Waals surface area contributed by atoms with Crippen LogP contribution in [0.3, 0.4) is 0 Å². The Kier molecular flexibility index (Phi) is 4.36. The number of sulfonamides is 1. The van der Waals surface area contributed by atoms with E-state index >= 15 is 0 Å². The van der Waals surface area contributed by atoms with Crippen molar-refractivity contribution < 1.29 is 17.9 Å². The molecule has 0 aliphatic carbocycles. The molecule has 1 aromatic rings. The molecule has 0 spiro atoms. The molecule has 0 bridgehead atoms. The average molecular weight is 318 g/mol. The Bertz CT molecular complexity index is 629. The molecule has 1 heterocycles. The number of hydrogen-bond acceptors (Lipinski definition) is 4. The smallest absolute Gasteiger partial charge is 0.324 e. The Balaban J connectivity index is 2.44. The van der Waals surface area contributed by atoms with Crippen LogP contribution < -0.4 is 0 Å². The fourth-order valence-electron chi connectivity index (χ4n) is 2.39. The van der Waals surface area contributed by atoms with Gasteiger partial charge in [-0.05, 0) is 37.5 Å². The Hall–Kier alpha value is -1.11. The maximum Gasteiger partial charge on any atom is 0.324 e. The molecule has 1 fully saturated rings. The van der Waals surface area contributed by atoms with E-state index in [4.69, 9.17) is 11.6 Å². The molecule has 1 saturated heterocycles. The van der Waals surface area contributed by atoms with E-state index in [1.807, 2.05) is 0 Å². The summed E-state index contributed by atoms with van der Waals surface area (Å²) in [6.45, 7) is 1.96. The Morgan fingerprint density at radius 1 is 1.45 bits per heavy atom. The maximum absolute atomic E-state index is 12.7. The van der Waals surface area contributed by atoms with Crippen LogP contribution in [0.4, 0.5) is 0 Å². The van der Waals surface area contributed by atoms with Crippen molar-refractivity contribution in [2.24, 2.45) is 0 Å². The third-order valence-electron chi connectivity index (χ3n) is 3.48. The van der Waals surface area contributed by atoms with E-state index in [1.165, 1.54) is 17.5 Å². The van der Waals surface area contributed by atoms with E-state index < -0.39 is 22.0 Å². The number of carbonyl (C=O) groups is 1. The van der Waals surface area contributed by atoms with Gasteiger partial charge in [-0.1, -0.05) is 17.7 Å². The first kappa shape index (κ1) is 15.3. The lowest BCUT2D eigenvalue weighted by atomic mass is 10.2. The predicted molar refractivity (Wildman–Crippen MR) is 75.1 cm³/mol. The first-order chi connectivity index (χ1) is 9.39. The average Bonchev–Trinajstić information content (AvgIpc) is 2.90. The number of methoxy groups -OCH3 is 1. The van der Waals surface area contributed by atoms with E-state index in [9.17, 15) is 13.2 Å². The highest BCUT2D eigenvalue weighted by molar-refractivity contribution is 7.89. The molecular formula is C13H16ClNO4S. The van der Waals surface area contributed by atoms with Crippen LogP contribution in [-0.2, 0) is 19.6 Å². The fraction of sp³-hybridized carbons (Fsp3) is 0.462. The minimum Gasteiger partial charge on any atom is -0.468 e. The second kappa shape index (κ2) is 5.71. The van der Waals surface area contributed by atoms with Crippen molar-refractivity contribution in [3.05, 3.63) is 28.8 Å². The van der Waals surface area contributed by atoms with Crippen LogP contribution in [0.15, 0.2) is 23.1 Å². The number of ether oxygens (including phenoxy) is 1. The zero-order valence-electron chi connectivity index (χ0n) is 11.3. The highest BCUT2D eigenvalue weighted by Gasteiger charge is 2.40. The molecule has 0 saturated carbocycles. The quantitative estimate of drug-likeness (QED) is 0.800. The molecule has 1 aromatic carbocycles. The third-order valence-corrected chi connectivity index (χ3v) is 5.94. The first-order valence-electron chi connectivity index (χ1n) is 6.24. The largest absolute Gasteiger partial charge is 0.468 e. The van der Waals surface area contributed by atoms with Gasteiger partial charge in [0.05, 0.1) is 12.0 Å². The first-order valence-corrected chi connectivity index (χ1v) is 8.06. The number of halogens is 1. The molecule has 1 unspecified atom stereocenters. The van der Waals surface area contributed by atoms with E-state index in [-0.39, 0.29) is 4.90 Å². The summed E-state index contributed by atoms with van der Waals surface area (Å²) >= 11 is 5.98. The minimum atomic E-state index is -3.75. The maximum atomic E-state index is 12.7. The predicted octanol–water partition coefficient (Wildman–Crippen LogP) is 1.97.